The summed E-state index contributed by atoms with van der Waals surface area (Å²) in [7, 11) is 0. The molecule has 0 bridgehead atoms. The van der Waals surface area contributed by atoms with Gasteiger partial charge >= 0.3 is 5.69 Å². The minimum atomic E-state index is -1.32. The molecule has 1 saturated heterocycles. The summed E-state index contributed by atoms with van der Waals surface area (Å²) in [6.45, 7) is -0.449. The SMILES string of the molecule is O=c1n([C@@H]2O[C@H](CO)[C@@H](O)[C@H]2O)ccc2nc(-c3ccccc3)cn12. The van der Waals surface area contributed by atoms with Crippen molar-refractivity contribution in [2.45, 2.75) is 24.5 Å². The fourth-order valence-corrected chi connectivity index (χ4v) is 3.05. The number of aromatic nitrogens is 3. The van der Waals surface area contributed by atoms with Crippen molar-refractivity contribution in [3.05, 3.63) is 59.3 Å². The second kappa shape index (κ2) is 6.08. The van der Waals surface area contributed by atoms with E-state index in [1.165, 1.54) is 15.2 Å². The number of hydrogen-bond acceptors (Lipinski definition) is 6. The Balaban J connectivity index is 1.77. The third kappa shape index (κ3) is 2.56. The molecule has 1 aliphatic rings. The molecule has 8 heteroatoms. The number of rotatable bonds is 3. The van der Waals surface area contributed by atoms with Crippen molar-refractivity contribution in [1.82, 2.24) is 14.0 Å². The lowest BCUT2D eigenvalue weighted by Gasteiger charge is -2.17. The Kier molecular flexibility index (Phi) is 3.89. The van der Waals surface area contributed by atoms with E-state index in [9.17, 15) is 20.1 Å². The van der Waals surface area contributed by atoms with Gasteiger partial charge in [0, 0.05) is 18.0 Å². The molecule has 0 amide bonds. The van der Waals surface area contributed by atoms with Crippen molar-refractivity contribution < 1.29 is 20.1 Å². The van der Waals surface area contributed by atoms with E-state index in [4.69, 9.17) is 4.74 Å². The summed E-state index contributed by atoms with van der Waals surface area (Å²) in [6, 6.07) is 11.1. The molecule has 8 nitrogen and oxygen atoms in total. The zero-order chi connectivity index (χ0) is 17.6. The minimum absolute atomic E-state index is 0.449. The first kappa shape index (κ1) is 16.0. The standard InChI is InChI=1S/C17H17N3O5/c21-9-12-14(22)15(23)16(25-12)19-7-6-13-18-11(8-20(13)17(19)24)10-4-2-1-3-5-10/h1-8,12,14-16,21-23H,9H2/t12-,14-,15-,16-/m1/s1. The Morgan fingerprint density at radius 2 is 1.88 bits per heavy atom. The molecule has 2 aromatic heterocycles. The first-order chi connectivity index (χ1) is 12.1. The van der Waals surface area contributed by atoms with Gasteiger partial charge in [0.2, 0.25) is 0 Å². The predicted octanol–water partition coefficient (Wildman–Crippen LogP) is -0.226. The van der Waals surface area contributed by atoms with Gasteiger partial charge in [-0.15, -0.1) is 0 Å². The molecule has 0 spiro atoms. The molecule has 0 radical (unpaired) electrons. The molecule has 130 valence electrons. The minimum Gasteiger partial charge on any atom is -0.394 e. The van der Waals surface area contributed by atoms with Crippen molar-refractivity contribution in [2.24, 2.45) is 0 Å². The van der Waals surface area contributed by atoms with Gasteiger partial charge in [-0.25, -0.2) is 9.78 Å². The maximum atomic E-state index is 12.8. The topological polar surface area (TPSA) is 109 Å². The van der Waals surface area contributed by atoms with Crippen LogP contribution >= 0.6 is 0 Å². The average molecular weight is 343 g/mol. The van der Waals surface area contributed by atoms with E-state index >= 15 is 0 Å². The molecular weight excluding hydrogens is 326 g/mol. The summed E-state index contributed by atoms with van der Waals surface area (Å²) >= 11 is 0. The molecule has 4 atom stereocenters. The van der Waals surface area contributed by atoms with E-state index in [1.54, 1.807) is 12.3 Å². The quantitative estimate of drug-likeness (QED) is 0.606. The van der Waals surface area contributed by atoms with E-state index in [0.717, 1.165) is 5.56 Å². The third-order valence-corrected chi connectivity index (χ3v) is 4.41. The highest BCUT2D eigenvalue weighted by Gasteiger charge is 2.43. The normalized spacial score (nSPS) is 26.4. The van der Waals surface area contributed by atoms with Crippen LogP contribution in [0.5, 0.6) is 0 Å². The van der Waals surface area contributed by atoms with Crippen LogP contribution < -0.4 is 5.69 Å². The molecule has 1 aromatic carbocycles. The Labute approximate surface area is 142 Å². The Morgan fingerprint density at radius 1 is 1.12 bits per heavy atom. The molecule has 3 aromatic rings. The Bertz CT molecular complexity index is 952. The van der Waals surface area contributed by atoms with Crippen LogP contribution in [0.1, 0.15) is 6.23 Å². The van der Waals surface area contributed by atoms with Crippen LogP contribution in [-0.2, 0) is 4.74 Å². The van der Waals surface area contributed by atoms with E-state index in [2.05, 4.69) is 4.98 Å². The van der Waals surface area contributed by atoms with Crippen molar-refractivity contribution in [3.8, 4) is 11.3 Å². The first-order valence-corrected chi connectivity index (χ1v) is 7.88. The van der Waals surface area contributed by atoms with Gasteiger partial charge in [0.25, 0.3) is 0 Å². The van der Waals surface area contributed by atoms with Gasteiger partial charge in [-0.2, -0.15) is 0 Å². The van der Waals surface area contributed by atoms with Crippen LogP contribution in [-0.4, -0.2) is 54.2 Å². The maximum Gasteiger partial charge on any atom is 0.336 e. The van der Waals surface area contributed by atoms with Crippen LogP contribution in [0.25, 0.3) is 16.9 Å². The summed E-state index contributed by atoms with van der Waals surface area (Å²) in [5.74, 6) is 0. The maximum absolute atomic E-state index is 12.8. The van der Waals surface area contributed by atoms with Crippen LogP contribution in [0, 0.1) is 0 Å². The Hall–Kier alpha value is -2.52. The first-order valence-electron chi connectivity index (χ1n) is 7.88. The molecule has 0 saturated carbocycles. The fourth-order valence-electron chi connectivity index (χ4n) is 3.05. The molecule has 1 fully saturated rings. The molecule has 4 rings (SSSR count). The summed E-state index contributed by atoms with van der Waals surface area (Å²) in [6.07, 6.45) is -1.52. The molecule has 3 N–H and O–H groups in total. The van der Waals surface area contributed by atoms with Gasteiger partial charge in [0.05, 0.1) is 12.3 Å². The molecular formula is C17H17N3O5. The van der Waals surface area contributed by atoms with Gasteiger partial charge in [-0.1, -0.05) is 30.3 Å². The second-order valence-electron chi connectivity index (χ2n) is 5.95. The molecule has 1 aliphatic heterocycles. The van der Waals surface area contributed by atoms with E-state index in [1.807, 2.05) is 30.3 Å². The molecule has 3 heterocycles. The number of nitrogens with zero attached hydrogens (tertiary/aromatic N) is 3. The summed E-state index contributed by atoms with van der Waals surface area (Å²) in [5, 5.41) is 29.2. The lowest BCUT2D eigenvalue weighted by Crippen LogP contribution is -2.36. The number of benzene rings is 1. The van der Waals surface area contributed by atoms with Gasteiger partial charge < -0.3 is 20.1 Å². The number of fused-ring (bicyclic) bond motifs is 1. The highest BCUT2D eigenvalue weighted by molar-refractivity contribution is 5.62. The summed E-state index contributed by atoms with van der Waals surface area (Å²) in [5.41, 5.74) is 1.54. The van der Waals surface area contributed by atoms with Gasteiger partial charge in [0.1, 0.15) is 24.0 Å². The lowest BCUT2D eigenvalue weighted by molar-refractivity contribution is -0.0550. The van der Waals surface area contributed by atoms with E-state index in [-0.39, 0.29) is 0 Å². The van der Waals surface area contributed by atoms with Gasteiger partial charge in [-0.05, 0) is 6.07 Å². The van der Waals surface area contributed by atoms with Crippen molar-refractivity contribution >= 4 is 5.65 Å². The predicted molar refractivity (Wildman–Crippen MR) is 87.9 cm³/mol. The van der Waals surface area contributed by atoms with Crippen LogP contribution in [0.2, 0.25) is 0 Å². The number of ether oxygens (including phenoxy) is 1. The van der Waals surface area contributed by atoms with Crippen molar-refractivity contribution in [3.63, 3.8) is 0 Å². The van der Waals surface area contributed by atoms with Crippen molar-refractivity contribution in [2.75, 3.05) is 6.61 Å². The number of aliphatic hydroxyl groups is 3. The van der Waals surface area contributed by atoms with Gasteiger partial charge in [0.15, 0.2) is 6.23 Å². The van der Waals surface area contributed by atoms with E-state index < -0.39 is 36.8 Å². The summed E-state index contributed by atoms with van der Waals surface area (Å²) < 4.78 is 7.97. The molecule has 25 heavy (non-hydrogen) atoms. The van der Waals surface area contributed by atoms with Gasteiger partial charge in [-0.3, -0.25) is 8.97 Å². The second-order valence-corrected chi connectivity index (χ2v) is 5.95. The number of hydrogen-bond donors (Lipinski definition) is 3. The largest absolute Gasteiger partial charge is 0.394 e. The smallest absolute Gasteiger partial charge is 0.336 e. The van der Waals surface area contributed by atoms with Crippen molar-refractivity contribution in [1.29, 1.82) is 0 Å². The number of aliphatic hydroxyl groups excluding tert-OH is 3. The average Bonchev–Trinajstić information content (AvgIpc) is 3.19. The van der Waals surface area contributed by atoms with Crippen LogP contribution in [0.15, 0.2) is 53.6 Å². The zero-order valence-corrected chi connectivity index (χ0v) is 13.1. The highest BCUT2D eigenvalue weighted by atomic mass is 16.6. The Morgan fingerprint density at radius 3 is 2.56 bits per heavy atom. The summed E-state index contributed by atoms with van der Waals surface area (Å²) in [4.78, 5) is 17.2. The molecule has 0 unspecified atom stereocenters. The molecule has 0 aliphatic carbocycles. The zero-order valence-electron chi connectivity index (χ0n) is 13.1. The monoisotopic (exact) mass is 343 g/mol. The fraction of sp³-hybridized carbons (Fsp3) is 0.294. The lowest BCUT2D eigenvalue weighted by atomic mass is 10.1. The van der Waals surface area contributed by atoms with Crippen LogP contribution in [0.4, 0.5) is 0 Å². The van der Waals surface area contributed by atoms with Crippen LogP contribution in [0.3, 0.4) is 0 Å². The number of imidazole rings is 1. The van der Waals surface area contributed by atoms with E-state index in [0.29, 0.717) is 11.3 Å². The highest BCUT2D eigenvalue weighted by Crippen LogP contribution is 2.28. The third-order valence-electron chi connectivity index (χ3n) is 4.41.